The molecule has 0 aromatic rings. The zero-order chi connectivity index (χ0) is 23.0. The zero-order valence-electron chi connectivity index (χ0n) is 20.4. The third-order valence-electron chi connectivity index (χ3n) is 9.64. The molecule has 7 atom stereocenters. The first-order valence-corrected chi connectivity index (χ1v) is 15.5. The Balaban J connectivity index is 0.00000132. The van der Waals surface area contributed by atoms with Crippen LogP contribution in [0.15, 0.2) is 11.6 Å². The van der Waals surface area contributed by atoms with Crippen LogP contribution in [0.25, 0.3) is 0 Å². The molecule has 2 N–H and O–H groups in total. The number of rotatable bonds is 5. The summed E-state index contributed by atoms with van der Waals surface area (Å²) < 4.78 is 2.06. The Labute approximate surface area is 205 Å². The standard InChI is InChI=1S/C26H42O3.CH3At/c1-24(2,29)13-7-9-22(27)21-11-10-18-17-16-23(28)20-8-5-6-14-25(20,3)19(17)12-15-26(18,21)4;1-2/h16,18-22,27,29H,5-15H2,1-4H3;1H3. The molecule has 0 aromatic carbocycles. The molecule has 4 aliphatic carbocycles. The van der Waals surface area contributed by atoms with Crippen molar-refractivity contribution in [3.05, 3.63) is 11.6 Å². The van der Waals surface area contributed by atoms with Crippen molar-refractivity contribution in [3.63, 3.8) is 0 Å². The van der Waals surface area contributed by atoms with Crippen LogP contribution in [0.4, 0.5) is 0 Å². The van der Waals surface area contributed by atoms with Crippen LogP contribution in [0.3, 0.4) is 0 Å². The van der Waals surface area contributed by atoms with E-state index in [0.29, 0.717) is 23.5 Å². The van der Waals surface area contributed by atoms with E-state index in [9.17, 15) is 15.0 Å². The van der Waals surface area contributed by atoms with E-state index in [1.54, 1.807) is 24.7 Å². The number of carbonyl (C=O) groups is 1. The Morgan fingerprint density at radius 2 is 1.71 bits per heavy atom. The molecule has 4 aliphatic rings. The van der Waals surface area contributed by atoms with Crippen molar-refractivity contribution >= 4 is 5.78 Å². The summed E-state index contributed by atoms with van der Waals surface area (Å²) in [6, 6.07) is 0. The molecule has 3 saturated carbocycles. The molecule has 0 radical (unpaired) electrons. The van der Waals surface area contributed by atoms with Gasteiger partial charge in [0.2, 0.25) is 0 Å². The number of allylic oxidation sites excluding steroid dienone is 2. The Kier molecular flexibility index (Phi) is 8.19. The number of hydrogen-bond acceptors (Lipinski definition) is 3. The average Bonchev–Trinajstić information content (AvgIpc) is 3.06. The van der Waals surface area contributed by atoms with E-state index >= 15 is 0 Å². The molecule has 7 unspecified atom stereocenters. The molecule has 0 heterocycles. The fourth-order valence-corrected chi connectivity index (χ4v) is 8.03. The molecule has 3 nitrogen and oxygen atoms in total. The van der Waals surface area contributed by atoms with Gasteiger partial charge in [-0.15, -0.1) is 0 Å². The molecule has 0 spiro atoms. The van der Waals surface area contributed by atoms with Crippen LogP contribution in [-0.2, 0) is 4.79 Å². The van der Waals surface area contributed by atoms with Gasteiger partial charge in [-0.25, -0.2) is 0 Å². The van der Waals surface area contributed by atoms with Gasteiger partial charge >= 0.3 is 29.4 Å². The number of fused-ring (bicyclic) bond motifs is 5. The van der Waals surface area contributed by atoms with Gasteiger partial charge in [0.05, 0.1) is 11.7 Å². The van der Waals surface area contributed by atoms with Gasteiger partial charge in [-0.3, -0.25) is 4.79 Å². The summed E-state index contributed by atoms with van der Waals surface area (Å²) in [5.74, 6) is 2.02. The summed E-state index contributed by atoms with van der Waals surface area (Å²) in [4.78, 5) is 13.1. The third-order valence-corrected chi connectivity index (χ3v) is 9.64. The molecule has 4 rings (SSSR count). The molecule has 4 heteroatoms. The van der Waals surface area contributed by atoms with E-state index in [1.807, 2.05) is 13.8 Å². The zero-order valence-corrected chi connectivity index (χ0v) is 23.4. The summed E-state index contributed by atoms with van der Waals surface area (Å²) in [5, 5.41) is 21.1. The predicted octanol–water partition coefficient (Wildman–Crippen LogP) is 6.02. The first-order chi connectivity index (χ1) is 14.6. The summed E-state index contributed by atoms with van der Waals surface area (Å²) >= 11 is 1.72. The number of ketones is 1. The fourth-order valence-electron chi connectivity index (χ4n) is 8.03. The molecule has 0 aliphatic heterocycles. The van der Waals surface area contributed by atoms with E-state index in [-0.39, 0.29) is 22.9 Å². The van der Waals surface area contributed by atoms with Gasteiger partial charge < -0.3 is 10.2 Å². The first-order valence-electron chi connectivity index (χ1n) is 12.6. The first kappa shape index (κ1) is 25.8. The third kappa shape index (κ3) is 4.88. The Hall–Kier alpha value is 0.213. The van der Waals surface area contributed by atoms with Crippen molar-refractivity contribution in [2.24, 2.45) is 34.5 Å². The van der Waals surface area contributed by atoms with Crippen molar-refractivity contribution < 1.29 is 39.7 Å². The number of aliphatic hydroxyl groups excluding tert-OH is 1. The van der Waals surface area contributed by atoms with E-state index < -0.39 is 5.60 Å². The van der Waals surface area contributed by atoms with Crippen molar-refractivity contribution in [2.75, 3.05) is 0 Å². The quantitative estimate of drug-likeness (QED) is 0.392. The van der Waals surface area contributed by atoms with Crippen LogP contribution >= 0.6 is 0 Å². The summed E-state index contributed by atoms with van der Waals surface area (Å²) in [6.45, 7) is 8.50. The second kappa shape index (κ2) is 9.83. The minimum atomic E-state index is -0.654. The molecule has 3 fully saturated rings. The average molecular weight is 628 g/mol. The molecule has 0 aromatic heterocycles. The van der Waals surface area contributed by atoms with Gasteiger partial charge in [0.25, 0.3) is 0 Å². The van der Waals surface area contributed by atoms with Crippen LogP contribution in [0, 0.1) is 59.2 Å². The number of carbonyl (C=O) groups excluding carboxylic acids is 1. The van der Waals surface area contributed by atoms with Crippen LogP contribution < -0.4 is 0 Å². The van der Waals surface area contributed by atoms with Crippen molar-refractivity contribution in [3.8, 4) is 0 Å². The van der Waals surface area contributed by atoms with Crippen LogP contribution in [-0.4, -0.2) is 27.7 Å². The van der Waals surface area contributed by atoms with E-state index in [0.717, 1.165) is 38.5 Å². The van der Waals surface area contributed by atoms with Gasteiger partial charge in [-0.1, -0.05) is 32.3 Å². The van der Waals surface area contributed by atoms with Crippen molar-refractivity contribution in [1.29, 1.82) is 0 Å². The summed E-state index contributed by atoms with van der Waals surface area (Å²) in [5.41, 5.74) is 1.09. The Bertz CT molecular complexity index is 680. The number of hydrogen-bond donors (Lipinski definition) is 2. The van der Waals surface area contributed by atoms with E-state index in [1.165, 1.54) is 37.7 Å². The van der Waals surface area contributed by atoms with Gasteiger partial charge in [0.1, 0.15) is 0 Å². The fraction of sp³-hybridized carbons (Fsp3) is 0.889. The molecule has 0 saturated heterocycles. The topological polar surface area (TPSA) is 57.5 Å². The maximum absolute atomic E-state index is 13.1. The number of aliphatic hydroxyl groups is 2. The molecule has 31 heavy (non-hydrogen) atoms. The van der Waals surface area contributed by atoms with Crippen molar-refractivity contribution in [1.82, 2.24) is 0 Å². The Morgan fingerprint density at radius 3 is 2.39 bits per heavy atom. The minimum absolute atomic E-state index is 0.120. The maximum atomic E-state index is 13.1. The molecular formula is C27H45AtO3. The summed E-state index contributed by atoms with van der Waals surface area (Å²) in [6.07, 6.45) is 13.5. The summed E-state index contributed by atoms with van der Waals surface area (Å²) in [7, 11) is 0. The SMILES string of the molecule is CC(C)(O)CCCC(O)C1CCC2C3=CC(=O)C4CCCCC4(C)C3CCC21C.C[At]. The van der Waals surface area contributed by atoms with Crippen molar-refractivity contribution in [2.45, 2.75) is 115 Å². The van der Waals surface area contributed by atoms with E-state index in [2.05, 4.69) is 24.6 Å². The van der Waals surface area contributed by atoms with Gasteiger partial charge in [0, 0.05) is 5.92 Å². The predicted molar refractivity (Wildman–Crippen MR) is 122 cm³/mol. The molecule has 0 amide bonds. The molecule has 0 bridgehead atoms. The van der Waals surface area contributed by atoms with E-state index in [4.69, 9.17) is 0 Å². The monoisotopic (exact) mass is 627 g/mol. The van der Waals surface area contributed by atoms with Crippen LogP contribution in [0.1, 0.15) is 98.3 Å². The normalized spacial score (nSPS) is 40.6. The van der Waals surface area contributed by atoms with Gasteiger partial charge in [-0.05, 0) is 106 Å². The molecular weight excluding hydrogens is 582 g/mol. The van der Waals surface area contributed by atoms with Gasteiger partial charge in [-0.2, -0.15) is 0 Å². The Morgan fingerprint density at radius 1 is 1.03 bits per heavy atom. The second-order valence-electron chi connectivity index (χ2n) is 12.0. The van der Waals surface area contributed by atoms with Crippen LogP contribution in [0.5, 0.6) is 0 Å². The van der Waals surface area contributed by atoms with Gasteiger partial charge in [0.15, 0.2) is 5.78 Å². The second-order valence-corrected chi connectivity index (χ2v) is 12.0. The molecule has 178 valence electrons. The van der Waals surface area contributed by atoms with Crippen LogP contribution in [0.2, 0.25) is 4.63 Å².